The zero-order valence-electron chi connectivity index (χ0n) is 16.6. The van der Waals surface area contributed by atoms with Gasteiger partial charge in [0.15, 0.2) is 17.5 Å². The Labute approximate surface area is 177 Å². The number of nitrogens with two attached hydrogens (primary N) is 1. The summed E-state index contributed by atoms with van der Waals surface area (Å²) in [4.78, 5) is 25.7. The number of halogens is 1. The van der Waals surface area contributed by atoms with Crippen LogP contribution in [0.5, 0.6) is 0 Å². The minimum absolute atomic E-state index is 0.281. The van der Waals surface area contributed by atoms with Gasteiger partial charge in [0.25, 0.3) is 5.91 Å². The molecule has 0 saturated carbocycles. The van der Waals surface area contributed by atoms with Crippen LogP contribution >= 0.6 is 0 Å². The molecule has 5 rings (SSSR count). The van der Waals surface area contributed by atoms with E-state index in [1.165, 1.54) is 12.1 Å². The molecule has 0 atom stereocenters. The summed E-state index contributed by atoms with van der Waals surface area (Å²) in [6, 6.07) is 9.83. The molecule has 0 saturated heterocycles. The third-order valence-corrected chi connectivity index (χ3v) is 5.26. The first-order valence-electron chi connectivity index (χ1n) is 9.99. The van der Waals surface area contributed by atoms with Crippen molar-refractivity contribution in [2.45, 2.75) is 19.4 Å². The van der Waals surface area contributed by atoms with Crippen LogP contribution < -0.4 is 16.4 Å². The third kappa shape index (κ3) is 3.54. The van der Waals surface area contributed by atoms with Crippen LogP contribution in [-0.2, 0) is 13.0 Å². The number of pyridine rings is 1. The lowest BCUT2D eigenvalue weighted by atomic mass is 10.1. The first kappa shape index (κ1) is 19.0. The van der Waals surface area contributed by atoms with E-state index in [0.717, 1.165) is 36.3 Å². The molecular formula is C22H20FN7O. The quantitative estimate of drug-likeness (QED) is 0.460. The summed E-state index contributed by atoms with van der Waals surface area (Å²) in [5, 5.41) is 6.67. The van der Waals surface area contributed by atoms with Gasteiger partial charge in [-0.15, -0.1) is 0 Å². The smallest absolute Gasteiger partial charge is 0.250 e. The molecule has 4 N–H and O–H groups in total. The van der Waals surface area contributed by atoms with Gasteiger partial charge in [-0.2, -0.15) is 0 Å². The standard InChI is InChI=1S/C22H20FN7O/c23-14-5-1-4-13(10-14)11-26-20-18-16(7-2-8-25-18)28-21(29-20)22-27-12-17-15(19(24)31)6-3-9-30(17)22/h1,3-6,9-10,12,25H,2,7-8,11H2,(H2,24,31)(H,26,28,29). The fourth-order valence-electron chi connectivity index (χ4n) is 3.80. The van der Waals surface area contributed by atoms with Crippen molar-refractivity contribution in [2.75, 3.05) is 17.2 Å². The molecule has 4 aromatic rings. The van der Waals surface area contributed by atoms with E-state index >= 15 is 0 Å². The summed E-state index contributed by atoms with van der Waals surface area (Å²) in [6.07, 6.45) is 5.16. The molecule has 156 valence electrons. The van der Waals surface area contributed by atoms with Gasteiger partial charge in [0, 0.05) is 19.3 Å². The van der Waals surface area contributed by atoms with Crippen molar-refractivity contribution >= 4 is 22.9 Å². The van der Waals surface area contributed by atoms with Crippen LogP contribution in [0.1, 0.15) is 28.0 Å². The number of aromatic nitrogens is 4. The number of rotatable bonds is 5. The average Bonchev–Trinajstić information content (AvgIpc) is 3.21. The Bertz CT molecular complexity index is 1300. The van der Waals surface area contributed by atoms with Crippen LogP contribution in [0.25, 0.3) is 17.2 Å². The van der Waals surface area contributed by atoms with Crippen LogP contribution in [0.4, 0.5) is 15.9 Å². The summed E-state index contributed by atoms with van der Waals surface area (Å²) >= 11 is 0. The average molecular weight is 417 g/mol. The largest absolute Gasteiger partial charge is 0.381 e. The first-order chi connectivity index (χ1) is 15.1. The maximum atomic E-state index is 13.5. The Balaban J connectivity index is 1.57. The van der Waals surface area contributed by atoms with E-state index in [1.54, 1.807) is 35.0 Å². The van der Waals surface area contributed by atoms with Crippen LogP contribution in [0.2, 0.25) is 0 Å². The number of aryl methyl sites for hydroxylation is 1. The maximum absolute atomic E-state index is 13.5. The molecule has 4 heterocycles. The van der Waals surface area contributed by atoms with Gasteiger partial charge in [-0.25, -0.2) is 19.3 Å². The van der Waals surface area contributed by atoms with E-state index in [4.69, 9.17) is 15.7 Å². The van der Waals surface area contributed by atoms with E-state index in [-0.39, 0.29) is 5.82 Å². The van der Waals surface area contributed by atoms with E-state index in [2.05, 4.69) is 15.6 Å². The molecule has 9 heteroatoms. The summed E-state index contributed by atoms with van der Waals surface area (Å²) < 4.78 is 15.3. The van der Waals surface area contributed by atoms with Crippen LogP contribution in [-0.4, -0.2) is 31.8 Å². The summed E-state index contributed by atoms with van der Waals surface area (Å²) in [5.41, 5.74) is 9.02. The second-order valence-corrected chi connectivity index (χ2v) is 7.35. The number of nitrogens with zero attached hydrogens (tertiary/aromatic N) is 4. The molecule has 0 aliphatic carbocycles. The first-order valence-corrected chi connectivity index (χ1v) is 9.99. The summed E-state index contributed by atoms with van der Waals surface area (Å²) in [6.45, 7) is 1.25. The molecule has 1 amide bonds. The zero-order chi connectivity index (χ0) is 21.4. The van der Waals surface area contributed by atoms with Gasteiger partial charge in [0.1, 0.15) is 5.82 Å². The molecule has 3 aromatic heterocycles. The Kier molecular flexibility index (Phi) is 4.70. The van der Waals surface area contributed by atoms with Crippen molar-refractivity contribution in [1.82, 2.24) is 19.4 Å². The van der Waals surface area contributed by atoms with Gasteiger partial charge in [-0.05, 0) is 42.7 Å². The zero-order valence-corrected chi connectivity index (χ0v) is 16.6. The van der Waals surface area contributed by atoms with E-state index < -0.39 is 5.91 Å². The minimum atomic E-state index is -0.523. The molecule has 1 aromatic carbocycles. The number of carbonyl (C=O) groups excluding carboxylic acids is 1. The fraction of sp³-hybridized carbons (Fsp3) is 0.182. The summed E-state index contributed by atoms with van der Waals surface area (Å²) in [5.74, 6) is 0.778. The highest BCUT2D eigenvalue weighted by Gasteiger charge is 2.21. The molecule has 0 fully saturated rings. The second-order valence-electron chi connectivity index (χ2n) is 7.35. The molecule has 0 spiro atoms. The Morgan fingerprint density at radius 1 is 1.26 bits per heavy atom. The van der Waals surface area contributed by atoms with E-state index in [9.17, 15) is 9.18 Å². The molecule has 1 aliphatic heterocycles. The molecule has 1 aliphatic rings. The number of primary amides is 1. The fourth-order valence-corrected chi connectivity index (χ4v) is 3.80. The molecular weight excluding hydrogens is 397 g/mol. The lowest BCUT2D eigenvalue weighted by molar-refractivity contribution is 0.100. The van der Waals surface area contributed by atoms with E-state index in [0.29, 0.717) is 35.1 Å². The molecule has 0 radical (unpaired) electrons. The van der Waals surface area contributed by atoms with Crippen molar-refractivity contribution in [3.8, 4) is 11.6 Å². The number of fused-ring (bicyclic) bond motifs is 2. The number of anilines is 2. The number of carbonyl (C=O) groups is 1. The van der Waals surface area contributed by atoms with Gasteiger partial charge < -0.3 is 16.4 Å². The van der Waals surface area contributed by atoms with Gasteiger partial charge in [0.05, 0.1) is 28.7 Å². The predicted molar refractivity (Wildman–Crippen MR) is 115 cm³/mol. The van der Waals surface area contributed by atoms with Gasteiger partial charge in [-0.3, -0.25) is 9.20 Å². The predicted octanol–water partition coefficient (Wildman–Crippen LogP) is 3.00. The highest BCUT2D eigenvalue weighted by atomic mass is 19.1. The second kappa shape index (κ2) is 7.67. The number of hydrogen-bond acceptors (Lipinski definition) is 6. The number of nitrogens with one attached hydrogen (secondary N) is 2. The van der Waals surface area contributed by atoms with Gasteiger partial charge in [-0.1, -0.05) is 12.1 Å². The number of hydrogen-bond donors (Lipinski definition) is 3. The monoisotopic (exact) mass is 417 g/mol. The highest BCUT2D eigenvalue weighted by molar-refractivity contribution is 5.99. The van der Waals surface area contributed by atoms with Crippen molar-refractivity contribution in [1.29, 1.82) is 0 Å². The number of benzene rings is 1. The Morgan fingerprint density at radius 3 is 3.00 bits per heavy atom. The molecule has 0 bridgehead atoms. The topological polar surface area (TPSA) is 110 Å². The van der Waals surface area contributed by atoms with Crippen molar-refractivity contribution in [3.05, 3.63) is 71.4 Å². The van der Waals surface area contributed by atoms with Crippen LogP contribution in [0.15, 0.2) is 48.8 Å². The number of imidazole rings is 1. The van der Waals surface area contributed by atoms with Gasteiger partial charge in [0.2, 0.25) is 0 Å². The molecule has 31 heavy (non-hydrogen) atoms. The van der Waals surface area contributed by atoms with Crippen LogP contribution in [0, 0.1) is 5.82 Å². The highest BCUT2D eigenvalue weighted by Crippen LogP contribution is 2.31. The molecule has 8 nitrogen and oxygen atoms in total. The lowest BCUT2D eigenvalue weighted by Crippen LogP contribution is -2.18. The summed E-state index contributed by atoms with van der Waals surface area (Å²) in [7, 11) is 0. The Hall–Kier alpha value is -4.01. The Morgan fingerprint density at radius 2 is 2.16 bits per heavy atom. The number of amides is 1. The van der Waals surface area contributed by atoms with E-state index in [1.807, 2.05) is 6.07 Å². The lowest BCUT2D eigenvalue weighted by Gasteiger charge is -2.21. The third-order valence-electron chi connectivity index (χ3n) is 5.26. The van der Waals surface area contributed by atoms with Crippen molar-refractivity contribution in [2.24, 2.45) is 5.73 Å². The van der Waals surface area contributed by atoms with Crippen LogP contribution in [0.3, 0.4) is 0 Å². The molecule has 0 unspecified atom stereocenters. The minimum Gasteiger partial charge on any atom is -0.381 e. The normalized spacial score (nSPS) is 12.9. The van der Waals surface area contributed by atoms with Crippen molar-refractivity contribution < 1.29 is 9.18 Å². The van der Waals surface area contributed by atoms with Crippen molar-refractivity contribution in [3.63, 3.8) is 0 Å². The van der Waals surface area contributed by atoms with Gasteiger partial charge >= 0.3 is 0 Å². The SMILES string of the molecule is NC(=O)c1cccn2c(-c3nc4c(c(NCc5cccc(F)c5)n3)NCCC4)ncc12. The maximum Gasteiger partial charge on any atom is 0.250 e.